The molecule has 0 aliphatic carbocycles. The molecule has 1 atom stereocenters. The molecule has 7 nitrogen and oxygen atoms in total. The van der Waals surface area contributed by atoms with Crippen LogP contribution in [0.2, 0.25) is 5.02 Å². The van der Waals surface area contributed by atoms with Crippen LogP contribution in [-0.2, 0) is 16.0 Å². The number of amides is 2. The number of nitrogens with zero attached hydrogens (tertiary/aromatic N) is 3. The maximum atomic E-state index is 12.5. The second kappa shape index (κ2) is 9.45. The van der Waals surface area contributed by atoms with Crippen LogP contribution in [0.15, 0.2) is 48.5 Å². The molecule has 3 aromatic rings. The molecule has 1 aliphatic heterocycles. The summed E-state index contributed by atoms with van der Waals surface area (Å²) >= 11 is 7.11. The SMILES string of the molecule is CCc1ccc(N2CC(c3nnc(NC(=O)COc4ccc(Cl)cc4)s3)CC2=O)cc1. The normalized spacial score (nSPS) is 15.9. The molecular formula is C22H21ClN4O3S. The number of anilines is 2. The number of ether oxygens (including phenoxy) is 1. The van der Waals surface area contributed by atoms with Gasteiger partial charge in [-0.25, -0.2) is 0 Å². The minimum Gasteiger partial charge on any atom is -0.484 e. The number of aryl methyl sites for hydroxylation is 1. The Labute approximate surface area is 189 Å². The lowest BCUT2D eigenvalue weighted by Crippen LogP contribution is -2.24. The zero-order valence-electron chi connectivity index (χ0n) is 16.9. The lowest BCUT2D eigenvalue weighted by Gasteiger charge is -2.16. The third-order valence-corrected chi connectivity index (χ3v) is 6.25. The molecule has 4 rings (SSSR count). The molecule has 1 unspecified atom stereocenters. The van der Waals surface area contributed by atoms with Gasteiger partial charge >= 0.3 is 0 Å². The number of hydrogen-bond acceptors (Lipinski definition) is 6. The summed E-state index contributed by atoms with van der Waals surface area (Å²) < 4.78 is 5.43. The minimum absolute atomic E-state index is 0.0492. The van der Waals surface area contributed by atoms with Crippen molar-refractivity contribution in [3.05, 3.63) is 64.1 Å². The van der Waals surface area contributed by atoms with E-state index in [4.69, 9.17) is 16.3 Å². The molecule has 160 valence electrons. The van der Waals surface area contributed by atoms with Crippen molar-refractivity contribution >= 4 is 45.6 Å². The topological polar surface area (TPSA) is 84.4 Å². The van der Waals surface area contributed by atoms with Gasteiger partial charge in [0, 0.05) is 29.6 Å². The van der Waals surface area contributed by atoms with Gasteiger partial charge in [0.15, 0.2) is 6.61 Å². The Morgan fingerprint density at radius 3 is 2.65 bits per heavy atom. The molecule has 9 heteroatoms. The standard InChI is InChI=1S/C22H21ClN4O3S/c1-2-14-3-7-17(8-4-14)27-12-15(11-20(27)29)21-25-26-22(31-21)24-19(28)13-30-18-9-5-16(23)6-10-18/h3-10,15H,2,11-13H2,1H3,(H,24,26,28). The molecule has 2 aromatic carbocycles. The Morgan fingerprint density at radius 2 is 1.94 bits per heavy atom. The molecule has 0 saturated carbocycles. The van der Waals surface area contributed by atoms with Gasteiger partial charge in [-0.3, -0.25) is 14.9 Å². The summed E-state index contributed by atoms with van der Waals surface area (Å²) in [5.74, 6) is 0.227. The first-order valence-electron chi connectivity index (χ1n) is 9.92. The van der Waals surface area contributed by atoms with Crippen molar-refractivity contribution in [1.29, 1.82) is 0 Å². The number of carbonyl (C=O) groups is 2. The van der Waals surface area contributed by atoms with Crippen LogP contribution in [0.1, 0.15) is 29.8 Å². The Kier molecular flexibility index (Phi) is 6.48. The van der Waals surface area contributed by atoms with Crippen LogP contribution in [0.3, 0.4) is 0 Å². The van der Waals surface area contributed by atoms with Crippen molar-refractivity contribution in [2.75, 3.05) is 23.4 Å². The van der Waals surface area contributed by atoms with Gasteiger partial charge in [0.05, 0.1) is 0 Å². The average Bonchev–Trinajstić information content (AvgIpc) is 3.40. The second-order valence-electron chi connectivity index (χ2n) is 7.16. The second-order valence-corrected chi connectivity index (χ2v) is 8.61. The highest BCUT2D eigenvalue weighted by Crippen LogP contribution is 2.34. The van der Waals surface area contributed by atoms with E-state index in [1.807, 2.05) is 24.3 Å². The van der Waals surface area contributed by atoms with Gasteiger partial charge in [-0.15, -0.1) is 10.2 Å². The van der Waals surface area contributed by atoms with E-state index in [1.54, 1.807) is 29.2 Å². The molecule has 1 aromatic heterocycles. The Hall–Kier alpha value is -2.97. The summed E-state index contributed by atoms with van der Waals surface area (Å²) in [6, 6.07) is 14.8. The Bertz CT molecular complexity index is 1070. The number of hydrogen-bond donors (Lipinski definition) is 1. The van der Waals surface area contributed by atoms with Gasteiger partial charge in [0.1, 0.15) is 10.8 Å². The van der Waals surface area contributed by atoms with E-state index in [1.165, 1.54) is 16.9 Å². The molecule has 1 fully saturated rings. The summed E-state index contributed by atoms with van der Waals surface area (Å²) in [6.45, 7) is 2.49. The van der Waals surface area contributed by atoms with Crippen molar-refractivity contribution in [2.24, 2.45) is 0 Å². The number of aromatic nitrogens is 2. The van der Waals surface area contributed by atoms with E-state index in [0.717, 1.165) is 17.1 Å². The first kappa shape index (κ1) is 21.3. The van der Waals surface area contributed by atoms with Crippen molar-refractivity contribution in [3.63, 3.8) is 0 Å². The van der Waals surface area contributed by atoms with Gasteiger partial charge < -0.3 is 9.64 Å². The van der Waals surface area contributed by atoms with Crippen LogP contribution in [-0.4, -0.2) is 35.2 Å². The molecule has 0 bridgehead atoms. The maximum absolute atomic E-state index is 12.5. The minimum atomic E-state index is -0.335. The first-order chi connectivity index (χ1) is 15.0. The summed E-state index contributed by atoms with van der Waals surface area (Å²) in [4.78, 5) is 26.4. The summed E-state index contributed by atoms with van der Waals surface area (Å²) in [5.41, 5.74) is 2.12. The molecule has 0 spiro atoms. The Morgan fingerprint density at radius 1 is 1.19 bits per heavy atom. The van der Waals surface area contributed by atoms with Crippen molar-refractivity contribution in [2.45, 2.75) is 25.7 Å². The van der Waals surface area contributed by atoms with Gasteiger partial charge in [0.2, 0.25) is 11.0 Å². The van der Waals surface area contributed by atoms with Crippen molar-refractivity contribution in [1.82, 2.24) is 10.2 Å². The van der Waals surface area contributed by atoms with Gasteiger partial charge in [-0.2, -0.15) is 0 Å². The van der Waals surface area contributed by atoms with Crippen molar-refractivity contribution in [3.8, 4) is 5.75 Å². The van der Waals surface area contributed by atoms with Crippen LogP contribution in [0.25, 0.3) is 0 Å². The molecule has 2 heterocycles. The number of rotatable bonds is 7. The number of benzene rings is 2. The van der Waals surface area contributed by atoms with E-state index in [-0.39, 0.29) is 24.3 Å². The average molecular weight is 457 g/mol. The van der Waals surface area contributed by atoms with Crippen LogP contribution in [0.5, 0.6) is 5.75 Å². The van der Waals surface area contributed by atoms with Crippen LogP contribution >= 0.6 is 22.9 Å². The Balaban J connectivity index is 1.33. The highest BCUT2D eigenvalue weighted by molar-refractivity contribution is 7.15. The third-order valence-electron chi connectivity index (χ3n) is 5.00. The zero-order chi connectivity index (χ0) is 21.8. The van der Waals surface area contributed by atoms with Gasteiger partial charge in [0.25, 0.3) is 5.91 Å². The highest BCUT2D eigenvalue weighted by Gasteiger charge is 2.34. The number of carbonyl (C=O) groups excluding carboxylic acids is 2. The van der Waals surface area contributed by atoms with Crippen LogP contribution in [0.4, 0.5) is 10.8 Å². The number of nitrogens with one attached hydrogen (secondary N) is 1. The molecular weight excluding hydrogens is 436 g/mol. The zero-order valence-corrected chi connectivity index (χ0v) is 18.4. The van der Waals surface area contributed by atoms with E-state index in [2.05, 4.69) is 22.4 Å². The molecule has 31 heavy (non-hydrogen) atoms. The van der Waals surface area contributed by atoms with Crippen LogP contribution < -0.4 is 15.0 Å². The van der Waals surface area contributed by atoms with E-state index >= 15 is 0 Å². The maximum Gasteiger partial charge on any atom is 0.264 e. The van der Waals surface area contributed by atoms with Gasteiger partial charge in [-0.1, -0.05) is 42.0 Å². The summed E-state index contributed by atoms with van der Waals surface area (Å²) in [6.07, 6.45) is 1.33. The largest absolute Gasteiger partial charge is 0.484 e. The fourth-order valence-electron chi connectivity index (χ4n) is 3.32. The molecule has 0 radical (unpaired) electrons. The van der Waals surface area contributed by atoms with E-state index < -0.39 is 0 Å². The lowest BCUT2D eigenvalue weighted by molar-refractivity contribution is -0.118. The predicted octanol–water partition coefficient (Wildman–Crippen LogP) is 4.29. The monoisotopic (exact) mass is 456 g/mol. The number of halogens is 1. The fraction of sp³-hybridized carbons (Fsp3) is 0.273. The van der Waals surface area contributed by atoms with Crippen molar-refractivity contribution < 1.29 is 14.3 Å². The quantitative estimate of drug-likeness (QED) is 0.573. The smallest absolute Gasteiger partial charge is 0.264 e. The summed E-state index contributed by atoms with van der Waals surface area (Å²) in [5, 5.41) is 12.6. The predicted molar refractivity (Wildman–Crippen MR) is 121 cm³/mol. The molecule has 1 saturated heterocycles. The van der Waals surface area contributed by atoms with Gasteiger partial charge in [-0.05, 0) is 48.4 Å². The van der Waals surface area contributed by atoms with E-state index in [9.17, 15) is 9.59 Å². The fourth-order valence-corrected chi connectivity index (χ4v) is 4.30. The third kappa shape index (κ3) is 5.21. The molecule has 1 N–H and O–H groups in total. The highest BCUT2D eigenvalue weighted by atomic mass is 35.5. The van der Waals surface area contributed by atoms with E-state index in [0.29, 0.717) is 28.9 Å². The lowest BCUT2D eigenvalue weighted by atomic mass is 10.1. The molecule has 2 amide bonds. The summed E-state index contributed by atoms with van der Waals surface area (Å²) in [7, 11) is 0. The van der Waals surface area contributed by atoms with Crippen LogP contribution in [0, 0.1) is 0 Å². The first-order valence-corrected chi connectivity index (χ1v) is 11.1. The molecule has 1 aliphatic rings.